The van der Waals surface area contributed by atoms with Crippen LogP contribution < -0.4 is 0 Å². The van der Waals surface area contributed by atoms with Gasteiger partial charge in [-0.05, 0) is 31.7 Å². The summed E-state index contributed by atoms with van der Waals surface area (Å²) in [6.45, 7) is 6.82. The first-order chi connectivity index (χ1) is 12.1. The maximum Gasteiger partial charge on any atom is 0.467 e. The molecule has 18 heteroatoms. The van der Waals surface area contributed by atoms with E-state index in [1.54, 1.807) is 0 Å². The van der Waals surface area contributed by atoms with E-state index in [1.807, 2.05) is 0 Å². The summed E-state index contributed by atoms with van der Waals surface area (Å²) in [7, 11) is -14.5. The lowest BCUT2D eigenvalue weighted by Crippen LogP contribution is -2.48. The lowest BCUT2D eigenvalue weighted by molar-refractivity contribution is -0.241. The van der Waals surface area contributed by atoms with Gasteiger partial charge in [0.25, 0.3) is 0 Å². The van der Waals surface area contributed by atoms with Crippen molar-refractivity contribution in [3.8, 4) is 0 Å². The van der Waals surface area contributed by atoms with Crippen LogP contribution in [0.25, 0.3) is 4.13 Å². The third-order valence-electron chi connectivity index (χ3n) is 2.73. The molecule has 28 heavy (non-hydrogen) atoms. The van der Waals surface area contributed by atoms with E-state index in [-0.39, 0.29) is 0 Å². The zero-order valence-electron chi connectivity index (χ0n) is 14.2. The van der Waals surface area contributed by atoms with Crippen LogP contribution in [0.5, 0.6) is 0 Å². The molecule has 0 N–H and O–H groups in total. The second-order valence-electron chi connectivity index (χ2n) is 4.53. The SMILES string of the molecule is CC[S+](CC)CC.O=S(=O)([N-]S(=O)(=O)C(F)(F)C(F)(F)F)C(F)(F)C(F)(F)F. The molecule has 0 heterocycles. The van der Waals surface area contributed by atoms with Crippen LogP contribution in [0.2, 0.25) is 0 Å². The summed E-state index contributed by atoms with van der Waals surface area (Å²) >= 11 is 0. The minimum absolute atomic E-state index is 0.422. The molecule has 0 bridgehead atoms. The van der Waals surface area contributed by atoms with Crippen molar-refractivity contribution < 1.29 is 60.7 Å². The van der Waals surface area contributed by atoms with Crippen LogP contribution in [0.4, 0.5) is 43.9 Å². The molecule has 0 radical (unpaired) electrons. The molecular weight excluding hydrogens is 484 g/mol. The van der Waals surface area contributed by atoms with Gasteiger partial charge < -0.3 is 4.13 Å². The van der Waals surface area contributed by atoms with Gasteiger partial charge in [-0.2, -0.15) is 43.9 Å². The van der Waals surface area contributed by atoms with Gasteiger partial charge in [-0.1, -0.05) is 0 Å². The van der Waals surface area contributed by atoms with E-state index in [0.717, 1.165) is 10.9 Å². The van der Waals surface area contributed by atoms with Gasteiger partial charge in [0.15, 0.2) is 20.0 Å². The van der Waals surface area contributed by atoms with Crippen LogP contribution in [0, 0.1) is 0 Å². The molecule has 0 aromatic carbocycles. The lowest BCUT2D eigenvalue weighted by atomic mass is 10.7. The van der Waals surface area contributed by atoms with E-state index in [9.17, 15) is 60.7 Å². The summed E-state index contributed by atoms with van der Waals surface area (Å²) in [5.74, 6) is 4.15. The Morgan fingerprint density at radius 1 is 0.607 bits per heavy atom. The van der Waals surface area contributed by atoms with E-state index in [2.05, 4.69) is 20.8 Å². The standard InChI is InChI=1S/C6H15S.C4F10NO4S2/c1-4-7(5-2)6-3;5-1(6,7)3(11,12)20(16,17)15-21(18,19)4(13,14)2(8,9)10/h4-6H2,1-3H3;/q+1;-1. The summed E-state index contributed by atoms with van der Waals surface area (Å²) < 4.78 is 161. The number of hydrogen-bond acceptors (Lipinski definition) is 4. The predicted octanol–water partition coefficient (Wildman–Crippen LogP) is 3.99. The van der Waals surface area contributed by atoms with Gasteiger partial charge in [0, 0.05) is 0 Å². The smallest absolute Gasteiger partial charge is 0.425 e. The lowest BCUT2D eigenvalue weighted by Gasteiger charge is -2.31. The molecule has 0 amide bonds. The van der Waals surface area contributed by atoms with E-state index in [4.69, 9.17) is 0 Å². The molecule has 0 aliphatic rings. The molecule has 0 saturated carbocycles. The Bertz CT molecular complexity index is 636. The van der Waals surface area contributed by atoms with E-state index < -0.39 is 42.9 Å². The molecular formula is C10H15F10NO4S3. The quantitative estimate of drug-likeness (QED) is 0.392. The molecule has 0 unspecified atom stereocenters. The first kappa shape index (κ1) is 29.7. The highest BCUT2D eigenvalue weighted by atomic mass is 32.3. The van der Waals surface area contributed by atoms with E-state index in [0.29, 0.717) is 4.13 Å². The Hall–Kier alpha value is -0.490. The third-order valence-corrected chi connectivity index (χ3v) is 8.51. The van der Waals surface area contributed by atoms with Crippen LogP contribution >= 0.6 is 0 Å². The number of sulfonamides is 2. The third kappa shape index (κ3) is 6.79. The van der Waals surface area contributed by atoms with Crippen molar-refractivity contribution >= 4 is 30.9 Å². The van der Waals surface area contributed by atoms with Crippen molar-refractivity contribution in [3.05, 3.63) is 4.13 Å². The van der Waals surface area contributed by atoms with Gasteiger partial charge in [0.2, 0.25) is 0 Å². The Morgan fingerprint density at radius 2 is 0.821 bits per heavy atom. The largest absolute Gasteiger partial charge is 0.467 e. The summed E-state index contributed by atoms with van der Waals surface area (Å²) in [5, 5.41) is -14.0. The number of alkyl halides is 10. The van der Waals surface area contributed by atoms with Crippen molar-refractivity contribution in [3.63, 3.8) is 0 Å². The van der Waals surface area contributed by atoms with Gasteiger partial charge in [-0.3, -0.25) is 0 Å². The summed E-state index contributed by atoms with van der Waals surface area (Å²) in [6.07, 6.45) is -14.0. The highest BCUT2D eigenvalue weighted by Crippen LogP contribution is 2.47. The molecule has 5 nitrogen and oxygen atoms in total. The van der Waals surface area contributed by atoms with Crippen molar-refractivity contribution in [2.24, 2.45) is 0 Å². The van der Waals surface area contributed by atoms with Crippen molar-refractivity contribution in [2.45, 2.75) is 43.6 Å². The maximum atomic E-state index is 12.3. The van der Waals surface area contributed by atoms with Gasteiger partial charge in [-0.15, -0.1) is 0 Å². The molecule has 0 saturated heterocycles. The number of halogens is 10. The fourth-order valence-electron chi connectivity index (χ4n) is 1.13. The summed E-state index contributed by atoms with van der Waals surface area (Å²) in [5.41, 5.74) is 0. The number of rotatable bonds is 7. The zero-order valence-corrected chi connectivity index (χ0v) is 16.7. The second-order valence-corrected chi connectivity index (χ2v) is 11.0. The summed E-state index contributed by atoms with van der Waals surface area (Å²) in [6, 6.07) is 0. The minimum Gasteiger partial charge on any atom is -0.425 e. The topological polar surface area (TPSA) is 82.4 Å². The molecule has 0 aromatic heterocycles. The fraction of sp³-hybridized carbons (Fsp3) is 1.00. The fourth-order valence-corrected chi connectivity index (χ4v) is 4.72. The number of nitrogens with zero attached hydrogens (tertiary/aromatic N) is 1. The predicted molar refractivity (Wildman–Crippen MR) is 82.2 cm³/mol. The average molecular weight is 499 g/mol. The molecule has 0 fully saturated rings. The van der Waals surface area contributed by atoms with Gasteiger partial charge in [0.05, 0.1) is 0 Å². The van der Waals surface area contributed by atoms with Crippen LogP contribution in [0.3, 0.4) is 0 Å². The molecule has 0 rings (SSSR count). The molecule has 0 aliphatic heterocycles. The number of hydrogen-bond donors (Lipinski definition) is 0. The first-order valence-electron chi connectivity index (χ1n) is 6.82. The van der Waals surface area contributed by atoms with Gasteiger partial charge >= 0.3 is 22.9 Å². The Balaban J connectivity index is 0. The Kier molecular flexibility index (Phi) is 10.1. The molecule has 0 aromatic rings. The van der Waals surface area contributed by atoms with E-state index in [1.165, 1.54) is 17.3 Å². The second kappa shape index (κ2) is 9.55. The Morgan fingerprint density at radius 3 is 0.929 bits per heavy atom. The maximum absolute atomic E-state index is 12.3. The van der Waals surface area contributed by atoms with Crippen molar-refractivity contribution in [1.29, 1.82) is 0 Å². The molecule has 172 valence electrons. The molecule has 0 atom stereocenters. The van der Waals surface area contributed by atoms with Crippen LogP contribution in [0.15, 0.2) is 0 Å². The monoisotopic (exact) mass is 499 g/mol. The molecule has 0 aliphatic carbocycles. The average Bonchev–Trinajstić information content (AvgIpc) is 2.46. The highest BCUT2D eigenvalue weighted by Gasteiger charge is 2.68. The van der Waals surface area contributed by atoms with Crippen LogP contribution in [0.1, 0.15) is 20.8 Å². The summed E-state index contributed by atoms with van der Waals surface area (Å²) in [4.78, 5) is 0. The van der Waals surface area contributed by atoms with Gasteiger partial charge in [-0.25, -0.2) is 16.8 Å². The zero-order chi connectivity index (χ0) is 23.4. The van der Waals surface area contributed by atoms with E-state index >= 15 is 0 Å². The Labute approximate surface area is 157 Å². The first-order valence-corrected chi connectivity index (χ1v) is 11.4. The molecule has 0 spiro atoms. The normalized spacial score (nSPS) is 14.6. The van der Waals surface area contributed by atoms with Crippen LogP contribution in [-0.4, -0.2) is 57.0 Å². The minimum atomic E-state index is -7.62. The van der Waals surface area contributed by atoms with Crippen LogP contribution in [-0.2, 0) is 30.9 Å². The van der Waals surface area contributed by atoms with Gasteiger partial charge in [0.1, 0.15) is 17.3 Å². The highest BCUT2D eigenvalue weighted by molar-refractivity contribution is 8.13. The van der Waals surface area contributed by atoms with Crippen molar-refractivity contribution in [2.75, 3.05) is 17.3 Å². The van der Waals surface area contributed by atoms with Crippen molar-refractivity contribution in [1.82, 2.24) is 0 Å².